The van der Waals surface area contributed by atoms with E-state index in [-0.39, 0.29) is 17.2 Å². The second kappa shape index (κ2) is 11.1. The minimum absolute atomic E-state index is 0.00207. The first-order valence-corrected chi connectivity index (χ1v) is 12.1. The molecule has 0 bridgehead atoms. The van der Waals surface area contributed by atoms with Crippen molar-refractivity contribution in [1.29, 1.82) is 0 Å². The molecular weight excluding hydrogens is 440 g/mol. The van der Waals surface area contributed by atoms with Crippen LogP contribution >= 0.6 is 0 Å². The van der Waals surface area contributed by atoms with Crippen LogP contribution in [0.15, 0.2) is 49.1 Å². The second-order valence-electron chi connectivity index (χ2n) is 9.59. The van der Waals surface area contributed by atoms with Gasteiger partial charge in [0.2, 0.25) is 0 Å². The highest BCUT2D eigenvalue weighted by Crippen LogP contribution is 2.48. The van der Waals surface area contributed by atoms with Crippen LogP contribution in [0.2, 0.25) is 0 Å². The Balaban J connectivity index is 1.42. The van der Waals surface area contributed by atoms with Crippen LogP contribution in [0.5, 0.6) is 5.75 Å². The summed E-state index contributed by atoms with van der Waals surface area (Å²) in [5.41, 5.74) is 0.904. The highest BCUT2D eigenvalue weighted by molar-refractivity contribution is 5.46. The molecule has 1 nitrogen and oxygen atoms in total. The highest BCUT2D eigenvalue weighted by Gasteiger charge is 2.36. The van der Waals surface area contributed by atoms with E-state index in [0.29, 0.717) is 11.5 Å². The van der Waals surface area contributed by atoms with Crippen molar-refractivity contribution < 1.29 is 22.3 Å². The first kappa shape index (κ1) is 24.4. The number of hydrogen-bond acceptors (Lipinski definition) is 1. The van der Waals surface area contributed by atoms with E-state index in [1.54, 1.807) is 0 Å². The van der Waals surface area contributed by atoms with E-state index in [1.807, 2.05) is 6.08 Å². The zero-order chi connectivity index (χ0) is 24.1. The fraction of sp³-hybridized carbons (Fsp3) is 0.448. The predicted molar refractivity (Wildman–Crippen MR) is 126 cm³/mol. The standard InChI is InChI=1S/C29H30F4O/c1-2-3-4-20-5-9-22-16-23(11-10-21(22)15-20)24-17-27(30)26(28(31)18-24)14-8-19-6-12-25(13-7-19)34-29(32)33/h2,6-7,12-13,17-18,20-23,29H,1,3-5,9-11,15-16H2. The van der Waals surface area contributed by atoms with Crippen LogP contribution in [-0.4, -0.2) is 6.61 Å². The van der Waals surface area contributed by atoms with E-state index >= 15 is 0 Å². The van der Waals surface area contributed by atoms with Crippen molar-refractivity contribution in [2.75, 3.05) is 0 Å². The van der Waals surface area contributed by atoms with Gasteiger partial charge in [-0.15, -0.1) is 6.58 Å². The molecule has 2 saturated carbocycles. The summed E-state index contributed by atoms with van der Waals surface area (Å²) >= 11 is 0. The summed E-state index contributed by atoms with van der Waals surface area (Å²) in [5.74, 6) is 6.29. The third-order valence-electron chi connectivity index (χ3n) is 7.45. The van der Waals surface area contributed by atoms with Crippen LogP contribution < -0.4 is 4.74 Å². The third kappa shape index (κ3) is 6.03. The van der Waals surface area contributed by atoms with Crippen molar-refractivity contribution in [3.8, 4) is 17.6 Å². The molecule has 34 heavy (non-hydrogen) atoms. The van der Waals surface area contributed by atoms with Crippen molar-refractivity contribution in [3.63, 3.8) is 0 Å². The molecular formula is C29H30F4O. The lowest BCUT2D eigenvalue weighted by molar-refractivity contribution is -0.0498. The van der Waals surface area contributed by atoms with Crippen molar-refractivity contribution in [1.82, 2.24) is 0 Å². The van der Waals surface area contributed by atoms with Gasteiger partial charge in [0.05, 0.1) is 5.56 Å². The molecule has 0 amide bonds. The summed E-state index contributed by atoms with van der Waals surface area (Å²) < 4.78 is 58.4. The lowest BCUT2D eigenvalue weighted by Gasteiger charge is -2.42. The van der Waals surface area contributed by atoms with Crippen LogP contribution in [0.3, 0.4) is 0 Å². The van der Waals surface area contributed by atoms with Crippen LogP contribution in [0, 0.1) is 41.2 Å². The molecule has 0 N–H and O–H groups in total. The van der Waals surface area contributed by atoms with E-state index in [1.165, 1.54) is 62.1 Å². The van der Waals surface area contributed by atoms with Crippen LogP contribution in [-0.2, 0) is 0 Å². The number of fused-ring (bicyclic) bond motifs is 1. The SMILES string of the molecule is C=CCCC1CCC2CC(c3cc(F)c(C#Cc4ccc(OC(F)F)cc4)c(F)c3)CCC2C1. The normalized spacial score (nSPS) is 24.1. The van der Waals surface area contributed by atoms with Gasteiger partial charge in [-0.3, -0.25) is 0 Å². The number of halogens is 4. The molecule has 0 heterocycles. The molecule has 2 aromatic rings. The Hall–Kier alpha value is -2.74. The van der Waals surface area contributed by atoms with Gasteiger partial charge < -0.3 is 4.74 Å². The molecule has 5 heteroatoms. The smallest absolute Gasteiger partial charge is 0.387 e. The van der Waals surface area contributed by atoms with Gasteiger partial charge in [0, 0.05) is 5.56 Å². The molecule has 180 valence electrons. The Labute approximate surface area is 199 Å². The minimum Gasteiger partial charge on any atom is -0.435 e. The highest BCUT2D eigenvalue weighted by atomic mass is 19.3. The number of allylic oxidation sites excluding steroid dienone is 1. The largest absolute Gasteiger partial charge is 0.435 e. The lowest BCUT2D eigenvalue weighted by atomic mass is 9.63. The maximum absolute atomic E-state index is 14.8. The summed E-state index contributed by atoms with van der Waals surface area (Å²) in [6.07, 6.45) is 11.1. The van der Waals surface area contributed by atoms with Crippen LogP contribution in [0.1, 0.15) is 74.0 Å². The first-order valence-electron chi connectivity index (χ1n) is 12.1. The lowest BCUT2D eigenvalue weighted by Crippen LogP contribution is -2.30. The Morgan fingerprint density at radius 3 is 2.29 bits per heavy atom. The Kier molecular flexibility index (Phi) is 7.98. The van der Waals surface area contributed by atoms with Crippen LogP contribution in [0.4, 0.5) is 17.6 Å². The average molecular weight is 471 g/mol. The van der Waals surface area contributed by atoms with Crippen molar-refractivity contribution in [2.45, 2.75) is 63.9 Å². The van der Waals surface area contributed by atoms with E-state index in [0.717, 1.165) is 43.1 Å². The number of rotatable bonds is 6. The van der Waals surface area contributed by atoms with E-state index in [9.17, 15) is 17.6 Å². The summed E-state index contributed by atoms with van der Waals surface area (Å²) in [6.45, 7) is 0.921. The minimum atomic E-state index is -2.91. The third-order valence-corrected chi connectivity index (χ3v) is 7.45. The second-order valence-corrected chi connectivity index (χ2v) is 9.59. The monoisotopic (exact) mass is 470 g/mol. The van der Waals surface area contributed by atoms with Crippen LogP contribution in [0.25, 0.3) is 0 Å². The molecule has 0 radical (unpaired) electrons. The van der Waals surface area contributed by atoms with Crippen molar-refractivity contribution in [2.24, 2.45) is 17.8 Å². The van der Waals surface area contributed by atoms with Gasteiger partial charge in [-0.05, 0) is 111 Å². The summed E-state index contributed by atoms with van der Waals surface area (Å²) in [4.78, 5) is 0. The van der Waals surface area contributed by atoms with Gasteiger partial charge in [0.15, 0.2) is 0 Å². The van der Waals surface area contributed by atoms with E-state index in [4.69, 9.17) is 0 Å². The molecule has 2 aliphatic carbocycles. The zero-order valence-corrected chi connectivity index (χ0v) is 19.2. The zero-order valence-electron chi connectivity index (χ0n) is 19.2. The Bertz CT molecular complexity index is 1030. The molecule has 0 aliphatic heterocycles. The van der Waals surface area contributed by atoms with Crippen molar-refractivity contribution in [3.05, 3.63) is 77.4 Å². The molecule has 0 spiro atoms. The summed E-state index contributed by atoms with van der Waals surface area (Å²) in [5, 5.41) is 0. The molecule has 4 rings (SSSR count). The Morgan fingerprint density at radius 1 is 0.941 bits per heavy atom. The topological polar surface area (TPSA) is 9.23 Å². The van der Waals surface area contributed by atoms with Crippen molar-refractivity contribution >= 4 is 0 Å². The summed E-state index contributed by atoms with van der Waals surface area (Å²) in [6, 6.07) is 8.50. The van der Waals surface area contributed by atoms with E-state index in [2.05, 4.69) is 23.2 Å². The number of benzene rings is 2. The maximum Gasteiger partial charge on any atom is 0.387 e. The fourth-order valence-electron chi connectivity index (χ4n) is 5.71. The van der Waals surface area contributed by atoms with Gasteiger partial charge >= 0.3 is 6.61 Å². The van der Waals surface area contributed by atoms with Gasteiger partial charge in [-0.2, -0.15) is 8.78 Å². The average Bonchev–Trinajstić information content (AvgIpc) is 2.82. The Morgan fingerprint density at radius 2 is 1.62 bits per heavy atom. The molecule has 0 saturated heterocycles. The fourth-order valence-corrected chi connectivity index (χ4v) is 5.71. The predicted octanol–water partition coefficient (Wildman–Crippen LogP) is 8.23. The maximum atomic E-state index is 14.8. The molecule has 0 aromatic heterocycles. The molecule has 2 fully saturated rings. The summed E-state index contributed by atoms with van der Waals surface area (Å²) in [7, 11) is 0. The molecule has 4 unspecified atom stereocenters. The molecule has 4 atom stereocenters. The van der Waals surface area contributed by atoms with Gasteiger partial charge in [-0.25, -0.2) is 8.78 Å². The first-order chi connectivity index (χ1) is 16.4. The van der Waals surface area contributed by atoms with Gasteiger partial charge in [0.1, 0.15) is 17.4 Å². The molecule has 2 aliphatic rings. The van der Waals surface area contributed by atoms with E-state index < -0.39 is 18.2 Å². The number of hydrogen-bond donors (Lipinski definition) is 0. The quantitative estimate of drug-likeness (QED) is 0.235. The number of alkyl halides is 2. The molecule has 2 aromatic carbocycles. The van der Waals surface area contributed by atoms with Gasteiger partial charge in [-0.1, -0.05) is 24.3 Å². The van der Waals surface area contributed by atoms with Gasteiger partial charge in [0.25, 0.3) is 0 Å². The number of ether oxygens (including phenoxy) is 1.